The van der Waals surface area contributed by atoms with Crippen molar-refractivity contribution in [2.45, 2.75) is 45.9 Å². The number of aryl methyl sites for hydroxylation is 1. The molecule has 1 unspecified atom stereocenters. The fourth-order valence-corrected chi connectivity index (χ4v) is 4.24. The molecule has 178 valence electrons. The lowest BCUT2D eigenvalue weighted by Gasteiger charge is -2.28. The summed E-state index contributed by atoms with van der Waals surface area (Å²) in [5, 5.41) is 0.494. The zero-order chi connectivity index (χ0) is 24.1. The van der Waals surface area contributed by atoms with E-state index in [9.17, 15) is 14.4 Å². The molecule has 1 aliphatic rings. The third kappa shape index (κ3) is 5.72. The molecule has 4 rings (SSSR count). The Morgan fingerprint density at radius 1 is 1.06 bits per heavy atom. The Labute approximate surface area is 198 Å². The largest absolute Gasteiger partial charge is 0.464 e. The van der Waals surface area contributed by atoms with Crippen LogP contribution in [0.1, 0.15) is 36.5 Å². The molecular formula is C27H30N2O5. The standard InChI is InChI=1S/C27H30N2O5/c1-19-10-11-25-24(13-19)27(32)22(18-34-25)15-29(14-21-7-4-3-5-8-21)26(31)17-28(20(2)30)16-23-9-6-12-33-23/h3-5,7-8,10-11,13,18,23H,6,9,12,14-17H2,1-2H3. The van der Waals surface area contributed by atoms with Gasteiger partial charge in [0, 0.05) is 26.6 Å². The summed E-state index contributed by atoms with van der Waals surface area (Å²) in [4.78, 5) is 42.0. The molecule has 2 aromatic carbocycles. The highest BCUT2D eigenvalue weighted by atomic mass is 16.5. The maximum Gasteiger partial charge on any atom is 0.242 e. The van der Waals surface area contributed by atoms with Gasteiger partial charge in [-0.1, -0.05) is 42.0 Å². The first-order chi connectivity index (χ1) is 16.4. The van der Waals surface area contributed by atoms with Crippen LogP contribution in [0.2, 0.25) is 0 Å². The molecule has 3 aromatic rings. The van der Waals surface area contributed by atoms with E-state index in [0.717, 1.165) is 24.0 Å². The van der Waals surface area contributed by atoms with Crippen molar-refractivity contribution in [2.75, 3.05) is 19.7 Å². The van der Waals surface area contributed by atoms with Crippen molar-refractivity contribution < 1.29 is 18.7 Å². The van der Waals surface area contributed by atoms with E-state index in [2.05, 4.69) is 0 Å². The van der Waals surface area contributed by atoms with Gasteiger partial charge in [-0.3, -0.25) is 14.4 Å². The molecule has 2 amide bonds. The van der Waals surface area contributed by atoms with Crippen LogP contribution in [-0.4, -0.2) is 47.4 Å². The number of amides is 2. The van der Waals surface area contributed by atoms with E-state index in [1.165, 1.54) is 18.1 Å². The highest BCUT2D eigenvalue weighted by molar-refractivity contribution is 5.84. The minimum absolute atomic E-state index is 0.0463. The average molecular weight is 463 g/mol. The molecule has 0 saturated carbocycles. The molecule has 1 aromatic heterocycles. The Balaban J connectivity index is 1.59. The van der Waals surface area contributed by atoms with Crippen molar-refractivity contribution >= 4 is 22.8 Å². The van der Waals surface area contributed by atoms with E-state index in [1.807, 2.05) is 43.3 Å². The second-order valence-corrected chi connectivity index (χ2v) is 8.86. The summed E-state index contributed by atoms with van der Waals surface area (Å²) in [6.07, 6.45) is 3.22. The first-order valence-corrected chi connectivity index (χ1v) is 11.6. The summed E-state index contributed by atoms with van der Waals surface area (Å²) < 4.78 is 11.4. The van der Waals surface area contributed by atoms with Crippen molar-refractivity contribution in [2.24, 2.45) is 0 Å². The van der Waals surface area contributed by atoms with Crippen LogP contribution in [0.15, 0.2) is 64.0 Å². The number of fused-ring (bicyclic) bond motifs is 1. The molecule has 1 aliphatic heterocycles. The quantitative estimate of drug-likeness (QED) is 0.510. The molecule has 0 N–H and O–H groups in total. The van der Waals surface area contributed by atoms with Gasteiger partial charge in [0.05, 0.1) is 36.4 Å². The molecule has 1 atom stereocenters. The smallest absolute Gasteiger partial charge is 0.242 e. The fraction of sp³-hybridized carbons (Fsp3) is 0.370. The minimum atomic E-state index is -0.235. The summed E-state index contributed by atoms with van der Waals surface area (Å²) >= 11 is 0. The van der Waals surface area contributed by atoms with Crippen LogP contribution in [0.5, 0.6) is 0 Å². The zero-order valence-corrected chi connectivity index (χ0v) is 19.7. The first-order valence-electron chi connectivity index (χ1n) is 11.6. The average Bonchev–Trinajstić information content (AvgIpc) is 3.34. The Morgan fingerprint density at radius 2 is 1.85 bits per heavy atom. The number of ether oxygens (including phenoxy) is 1. The lowest BCUT2D eigenvalue weighted by molar-refractivity contribution is -0.141. The second-order valence-electron chi connectivity index (χ2n) is 8.86. The third-order valence-electron chi connectivity index (χ3n) is 6.15. The molecule has 7 heteroatoms. The predicted molar refractivity (Wildman–Crippen MR) is 129 cm³/mol. The van der Waals surface area contributed by atoms with Crippen LogP contribution in [0.4, 0.5) is 0 Å². The molecule has 0 aliphatic carbocycles. The Bertz CT molecular complexity index is 1210. The Morgan fingerprint density at radius 3 is 2.56 bits per heavy atom. The summed E-state index contributed by atoms with van der Waals surface area (Å²) in [5.41, 5.74) is 2.65. The molecular weight excluding hydrogens is 432 g/mol. The highest BCUT2D eigenvalue weighted by Crippen LogP contribution is 2.17. The van der Waals surface area contributed by atoms with Crippen LogP contribution >= 0.6 is 0 Å². The number of rotatable bonds is 8. The van der Waals surface area contributed by atoms with Gasteiger partial charge in [-0.05, 0) is 37.5 Å². The van der Waals surface area contributed by atoms with Crippen LogP contribution in [0.3, 0.4) is 0 Å². The van der Waals surface area contributed by atoms with E-state index in [0.29, 0.717) is 36.2 Å². The first kappa shape index (κ1) is 23.7. The molecule has 1 fully saturated rings. The van der Waals surface area contributed by atoms with E-state index in [1.54, 1.807) is 17.0 Å². The van der Waals surface area contributed by atoms with Gasteiger partial charge in [-0.25, -0.2) is 0 Å². The molecule has 0 bridgehead atoms. The monoisotopic (exact) mass is 462 g/mol. The van der Waals surface area contributed by atoms with Gasteiger partial charge >= 0.3 is 0 Å². The molecule has 34 heavy (non-hydrogen) atoms. The number of benzene rings is 2. The lowest BCUT2D eigenvalue weighted by atomic mass is 10.1. The summed E-state index contributed by atoms with van der Waals surface area (Å²) in [7, 11) is 0. The van der Waals surface area contributed by atoms with Gasteiger partial charge < -0.3 is 19.0 Å². The minimum Gasteiger partial charge on any atom is -0.464 e. The van der Waals surface area contributed by atoms with E-state index in [-0.39, 0.29) is 36.4 Å². The normalized spacial score (nSPS) is 15.4. The van der Waals surface area contributed by atoms with Crippen LogP contribution < -0.4 is 5.43 Å². The van der Waals surface area contributed by atoms with Gasteiger partial charge in [0.2, 0.25) is 11.8 Å². The topological polar surface area (TPSA) is 80.1 Å². The number of carbonyl (C=O) groups excluding carboxylic acids is 2. The van der Waals surface area contributed by atoms with Crippen molar-refractivity contribution in [3.05, 3.63) is 81.7 Å². The third-order valence-corrected chi connectivity index (χ3v) is 6.15. The van der Waals surface area contributed by atoms with Crippen LogP contribution in [0.25, 0.3) is 11.0 Å². The van der Waals surface area contributed by atoms with Crippen molar-refractivity contribution in [1.82, 2.24) is 9.80 Å². The number of hydrogen-bond acceptors (Lipinski definition) is 5. The summed E-state index contributed by atoms with van der Waals surface area (Å²) in [6.45, 7) is 4.78. The number of hydrogen-bond donors (Lipinski definition) is 0. The van der Waals surface area contributed by atoms with Gasteiger partial charge in [0.15, 0.2) is 5.43 Å². The Kier molecular flexibility index (Phi) is 7.43. The molecule has 2 heterocycles. The van der Waals surface area contributed by atoms with Crippen molar-refractivity contribution in [3.8, 4) is 0 Å². The second kappa shape index (κ2) is 10.7. The zero-order valence-electron chi connectivity index (χ0n) is 19.7. The van der Waals surface area contributed by atoms with Gasteiger partial charge in [0.1, 0.15) is 5.58 Å². The van der Waals surface area contributed by atoms with Crippen LogP contribution in [-0.2, 0) is 27.4 Å². The number of nitrogens with zero attached hydrogens (tertiary/aromatic N) is 2. The van der Waals surface area contributed by atoms with Gasteiger partial charge in [-0.15, -0.1) is 0 Å². The summed E-state index contributed by atoms with van der Waals surface area (Å²) in [6, 6.07) is 15.1. The number of carbonyl (C=O) groups is 2. The summed E-state index contributed by atoms with van der Waals surface area (Å²) in [5.74, 6) is -0.412. The van der Waals surface area contributed by atoms with Gasteiger partial charge in [-0.2, -0.15) is 0 Å². The predicted octanol–water partition coefficient (Wildman–Crippen LogP) is 3.66. The van der Waals surface area contributed by atoms with E-state index >= 15 is 0 Å². The molecule has 0 radical (unpaired) electrons. The molecule has 7 nitrogen and oxygen atoms in total. The van der Waals surface area contributed by atoms with Crippen molar-refractivity contribution in [1.29, 1.82) is 0 Å². The van der Waals surface area contributed by atoms with E-state index in [4.69, 9.17) is 9.15 Å². The van der Waals surface area contributed by atoms with Crippen LogP contribution in [0, 0.1) is 6.92 Å². The van der Waals surface area contributed by atoms with Gasteiger partial charge in [0.25, 0.3) is 0 Å². The Hall–Kier alpha value is -3.45. The van der Waals surface area contributed by atoms with E-state index < -0.39 is 0 Å². The lowest BCUT2D eigenvalue weighted by Crippen LogP contribution is -2.44. The maximum atomic E-state index is 13.4. The highest BCUT2D eigenvalue weighted by Gasteiger charge is 2.25. The molecule has 1 saturated heterocycles. The molecule has 0 spiro atoms. The SMILES string of the molecule is CC(=O)N(CC(=O)N(Cc1ccccc1)Cc1coc2ccc(C)cc2c1=O)CC1CCCO1. The fourth-order valence-electron chi connectivity index (χ4n) is 4.24. The van der Waals surface area contributed by atoms with Crippen molar-refractivity contribution in [3.63, 3.8) is 0 Å². The maximum absolute atomic E-state index is 13.4.